The number of rotatable bonds is 6. The highest BCUT2D eigenvalue weighted by Crippen LogP contribution is 2.22. The molecule has 142 valence electrons. The molecule has 6 nitrogen and oxygen atoms in total. The van der Waals surface area contributed by atoms with Gasteiger partial charge in [0.05, 0.1) is 12.7 Å². The van der Waals surface area contributed by atoms with Crippen molar-refractivity contribution < 1.29 is 9.59 Å². The van der Waals surface area contributed by atoms with Crippen molar-refractivity contribution in [3.05, 3.63) is 78.4 Å². The number of carbonyl (C=O) groups excluding carboxylic acids is 2. The first-order valence-corrected chi connectivity index (χ1v) is 9.41. The first kappa shape index (κ1) is 18.0. The highest BCUT2D eigenvalue weighted by atomic mass is 16.2. The van der Waals surface area contributed by atoms with E-state index in [1.807, 2.05) is 59.3 Å². The third-order valence-corrected chi connectivity index (χ3v) is 4.82. The molecule has 0 saturated carbocycles. The van der Waals surface area contributed by atoms with Crippen LogP contribution in [0.5, 0.6) is 0 Å². The molecule has 0 atom stereocenters. The highest BCUT2D eigenvalue weighted by Gasteiger charge is 2.21. The molecule has 0 unspecified atom stereocenters. The number of hydrogen-bond acceptors (Lipinski definition) is 3. The summed E-state index contributed by atoms with van der Waals surface area (Å²) < 4.78 is 1.98. The van der Waals surface area contributed by atoms with Gasteiger partial charge in [-0.3, -0.25) is 9.59 Å². The molecule has 6 heteroatoms. The molecule has 28 heavy (non-hydrogen) atoms. The van der Waals surface area contributed by atoms with Crippen molar-refractivity contribution >= 4 is 23.2 Å². The van der Waals surface area contributed by atoms with Gasteiger partial charge in [-0.25, -0.2) is 4.98 Å². The second-order valence-electron chi connectivity index (χ2n) is 6.98. The number of imidazole rings is 1. The van der Waals surface area contributed by atoms with Crippen LogP contribution in [-0.2, 0) is 22.6 Å². The van der Waals surface area contributed by atoms with Crippen LogP contribution in [0.25, 0.3) is 0 Å². The quantitative estimate of drug-likeness (QED) is 0.720. The molecule has 1 aromatic heterocycles. The molecule has 4 rings (SSSR count). The summed E-state index contributed by atoms with van der Waals surface area (Å²) in [4.78, 5) is 30.1. The number of carbonyl (C=O) groups is 2. The van der Waals surface area contributed by atoms with Gasteiger partial charge in [-0.2, -0.15) is 0 Å². The maximum atomic E-state index is 12.4. The number of nitrogens with zero attached hydrogens (tertiary/aromatic N) is 3. The van der Waals surface area contributed by atoms with Crippen LogP contribution in [0.3, 0.4) is 0 Å². The highest BCUT2D eigenvalue weighted by molar-refractivity contribution is 5.95. The van der Waals surface area contributed by atoms with Crippen LogP contribution < -0.4 is 10.2 Å². The summed E-state index contributed by atoms with van der Waals surface area (Å²) in [6, 6.07) is 15.5. The second kappa shape index (κ2) is 8.08. The average molecular weight is 374 g/mol. The van der Waals surface area contributed by atoms with Crippen molar-refractivity contribution in [3.63, 3.8) is 0 Å². The average Bonchev–Trinajstić information content (AvgIpc) is 3.34. The van der Waals surface area contributed by atoms with Crippen molar-refractivity contribution in [2.75, 3.05) is 16.8 Å². The van der Waals surface area contributed by atoms with Crippen molar-refractivity contribution in [3.8, 4) is 0 Å². The third-order valence-electron chi connectivity index (χ3n) is 4.82. The Morgan fingerprint density at radius 1 is 1.11 bits per heavy atom. The summed E-state index contributed by atoms with van der Waals surface area (Å²) in [5.74, 6) is 0.103. The van der Waals surface area contributed by atoms with Crippen molar-refractivity contribution in [2.45, 2.75) is 25.8 Å². The van der Waals surface area contributed by atoms with Crippen LogP contribution in [0.2, 0.25) is 0 Å². The van der Waals surface area contributed by atoms with E-state index in [4.69, 9.17) is 0 Å². The Morgan fingerprint density at radius 2 is 1.96 bits per heavy atom. The minimum absolute atomic E-state index is 0.0650. The topological polar surface area (TPSA) is 67.2 Å². The summed E-state index contributed by atoms with van der Waals surface area (Å²) in [6.45, 7) is 1.48. The lowest BCUT2D eigenvalue weighted by atomic mass is 10.1. The van der Waals surface area contributed by atoms with E-state index in [9.17, 15) is 9.59 Å². The standard InChI is InChI=1S/C22H22N4O2/c27-21(14-17-6-8-20(9-7-17)26-11-2-5-22(26)28)24-19-4-1-3-18(13-19)15-25-12-10-23-16-25/h1,3-4,6-10,12-13,16H,2,5,11,14-15H2,(H,24,27). The van der Waals surface area contributed by atoms with Gasteiger partial charge in [-0.15, -0.1) is 0 Å². The lowest BCUT2D eigenvalue weighted by Crippen LogP contribution is -2.23. The van der Waals surface area contributed by atoms with Crippen LogP contribution in [0.4, 0.5) is 11.4 Å². The van der Waals surface area contributed by atoms with E-state index in [2.05, 4.69) is 10.3 Å². The molecule has 0 spiro atoms. The van der Waals surface area contributed by atoms with Gasteiger partial charge < -0.3 is 14.8 Å². The third kappa shape index (κ3) is 4.28. The normalized spacial score (nSPS) is 13.7. The predicted molar refractivity (Wildman–Crippen MR) is 108 cm³/mol. The van der Waals surface area contributed by atoms with Crippen molar-refractivity contribution in [2.24, 2.45) is 0 Å². The van der Waals surface area contributed by atoms with Gasteiger partial charge in [0.15, 0.2) is 0 Å². The number of anilines is 2. The zero-order valence-electron chi connectivity index (χ0n) is 15.5. The molecule has 1 aliphatic rings. The van der Waals surface area contributed by atoms with Gasteiger partial charge >= 0.3 is 0 Å². The van der Waals surface area contributed by atoms with E-state index in [1.54, 1.807) is 17.4 Å². The van der Waals surface area contributed by atoms with E-state index in [-0.39, 0.29) is 11.8 Å². The molecule has 1 fully saturated rings. The smallest absolute Gasteiger partial charge is 0.228 e. The molecular formula is C22H22N4O2. The van der Waals surface area contributed by atoms with E-state index in [0.717, 1.165) is 35.5 Å². The Labute approximate surface area is 163 Å². The summed E-state index contributed by atoms with van der Waals surface area (Å²) in [6.07, 6.45) is 7.23. The zero-order chi connectivity index (χ0) is 19.3. The summed E-state index contributed by atoms with van der Waals surface area (Å²) in [7, 11) is 0. The first-order valence-electron chi connectivity index (χ1n) is 9.41. The fourth-order valence-corrected chi connectivity index (χ4v) is 3.44. The molecule has 3 aromatic rings. The van der Waals surface area contributed by atoms with E-state index in [1.165, 1.54) is 0 Å². The lowest BCUT2D eigenvalue weighted by Gasteiger charge is -2.16. The Hall–Kier alpha value is -3.41. The van der Waals surface area contributed by atoms with Gasteiger partial charge in [0.25, 0.3) is 0 Å². The molecule has 0 aliphatic carbocycles. The van der Waals surface area contributed by atoms with Gasteiger partial charge in [0, 0.05) is 43.3 Å². The van der Waals surface area contributed by atoms with Gasteiger partial charge in [0.1, 0.15) is 0 Å². The second-order valence-corrected chi connectivity index (χ2v) is 6.98. The van der Waals surface area contributed by atoms with Crippen LogP contribution >= 0.6 is 0 Å². The molecule has 1 aliphatic heterocycles. The van der Waals surface area contributed by atoms with Gasteiger partial charge in [-0.1, -0.05) is 24.3 Å². The number of aromatic nitrogens is 2. The fourth-order valence-electron chi connectivity index (χ4n) is 3.44. The summed E-state index contributed by atoms with van der Waals surface area (Å²) >= 11 is 0. The zero-order valence-corrected chi connectivity index (χ0v) is 15.5. The number of nitrogens with one attached hydrogen (secondary N) is 1. The van der Waals surface area contributed by atoms with E-state index >= 15 is 0 Å². The molecule has 2 amide bonds. The number of amides is 2. The number of benzene rings is 2. The molecule has 0 radical (unpaired) electrons. The van der Waals surface area contributed by atoms with Crippen LogP contribution in [0.1, 0.15) is 24.0 Å². The molecular weight excluding hydrogens is 352 g/mol. The Bertz CT molecular complexity index is 964. The van der Waals surface area contributed by atoms with Crippen LogP contribution in [0, 0.1) is 0 Å². The maximum absolute atomic E-state index is 12.4. The number of hydrogen-bond donors (Lipinski definition) is 1. The van der Waals surface area contributed by atoms with Crippen molar-refractivity contribution in [1.82, 2.24) is 9.55 Å². The maximum Gasteiger partial charge on any atom is 0.228 e. The largest absolute Gasteiger partial charge is 0.333 e. The molecule has 1 saturated heterocycles. The predicted octanol–water partition coefficient (Wildman–Crippen LogP) is 3.24. The van der Waals surface area contributed by atoms with E-state index < -0.39 is 0 Å². The minimum Gasteiger partial charge on any atom is -0.333 e. The van der Waals surface area contributed by atoms with Gasteiger partial charge in [0.2, 0.25) is 11.8 Å². The fraction of sp³-hybridized carbons (Fsp3) is 0.227. The first-order chi connectivity index (χ1) is 13.7. The van der Waals surface area contributed by atoms with Crippen molar-refractivity contribution in [1.29, 1.82) is 0 Å². The van der Waals surface area contributed by atoms with Gasteiger partial charge in [-0.05, 0) is 41.8 Å². The molecule has 0 bridgehead atoms. The van der Waals surface area contributed by atoms with Crippen LogP contribution in [-0.4, -0.2) is 27.9 Å². The SMILES string of the molecule is O=C(Cc1ccc(N2CCCC2=O)cc1)Nc1cccc(Cn2ccnc2)c1. The Morgan fingerprint density at radius 3 is 2.68 bits per heavy atom. The van der Waals surface area contributed by atoms with Crippen LogP contribution in [0.15, 0.2) is 67.3 Å². The Balaban J connectivity index is 1.36. The van der Waals surface area contributed by atoms with E-state index in [0.29, 0.717) is 19.4 Å². The summed E-state index contributed by atoms with van der Waals surface area (Å²) in [5, 5.41) is 2.96. The monoisotopic (exact) mass is 374 g/mol. The lowest BCUT2D eigenvalue weighted by molar-refractivity contribution is -0.117. The molecule has 2 heterocycles. The minimum atomic E-state index is -0.0650. The molecule has 2 aromatic carbocycles. The Kier molecular flexibility index (Phi) is 5.19. The molecule has 1 N–H and O–H groups in total. The summed E-state index contributed by atoms with van der Waals surface area (Å²) in [5.41, 5.74) is 3.69.